The molecular formula is C20H16N6O2S. The van der Waals surface area contributed by atoms with Gasteiger partial charge in [-0.25, -0.2) is 4.98 Å². The fourth-order valence-corrected chi connectivity index (χ4v) is 3.49. The summed E-state index contributed by atoms with van der Waals surface area (Å²) in [6, 6.07) is 16.1. The standard InChI is InChI=1S/C20H16N6O2S/c1-12-17(24-23-15-9-7-14(8-10-15)18(21)27)19(28)26(25-12)20-22-16(11-29-20)13-5-3-2-4-6-13/h2-11,25H,1H3,(H2,21,27). The largest absolute Gasteiger partial charge is 0.366 e. The lowest BCUT2D eigenvalue weighted by atomic mass is 10.2. The highest BCUT2D eigenvalue weighted by Crippen LogP contribution is 2.24. The van der Waals surface area contributed by atoms with Crippen LogP contribution in [0.1, 0.15) is 16.1 Å². The number of amides is 1. The van der Waals surface area contributed by atoms with Crippen LogP contribution in [0.5, 0.6) is 0 Å². The highest BCUT2D eigenvalue weighted by atomic mass is 32.1. The normalized spacial score (nSPS) is 11.2. The van der Waals surface area contributed by atoms with Gasteiger partial charge in [0.2, 0.25) is 11.0 Å². The van der Waals surface area contributed by atoms with Crippen molar-refractivity contribution < 1.29 is 4.79 Å². The number of aryl methyl sites for hydroxylation is 1. The van der Waals surface area contributed by atoms with Crippen molar-refractivity contribution in [3.05, 3.63) is 81.6 Å². The van der Waals surface area contributed by atoms with Gasteiger partial charge < -0.3 is 5.73 Å². The summed E-state index contributed by atoms with van der Waals surface area (Å²) in [6.07, 6.45) is 0. The minimum Gasteiger partial charge on any atom is -0.366 e. The topological polar surface area (TPSA) is 118 Å². The van der Waals surface area contributed by atoms with Crippen LogP contribution in [0.2, 0.25) is 0 Å². The Morgan fingerprint density at radius 2 is 1.83 bits per heavy atom. The van der Waals surface area contributed by atoms with E-state index in [1.165, 1.54) is 16.0 Å². The van der Waals surface area contributed by atoms with E-state index in [0.717, 1.165) is 11.3 Å². The van der Waals surface area contributed by atoms with Crippen LogP contribution < -0.4 is 11.3 Å². The van der Waals surface area contributed by atoms with Crippen molar-refractivity contribution in [3.63, 3.8) is 0 Å². The Hall–Kier alpha value is -3.85. The average Bonchev–Trinajstić information content (AvgIpc) is 3.32. The zero-order chi connectivity index (χ0) is 20.4. The summed E-state index contributed by atoms with van der Waals surface area (Å²) >= 11 is 1.36. The number of thiazole rings is 1. The molecule has 1 amide bonds. The summed E-state index contributed by atoms with van der Waals surface area (Å²) in [5.41, 5.74) is 8.30. The molecule has 0 aliphatic carbocycles. The molecule has 0 radical (unpaired) electrons. The van der Waals surface area contributed by atoms with Crippen molar-refractivity contribution in [2.45, 2.75) is 6.92 Å². The Kier molecular flexibility index (Phi) is 4.88. The molecule has 0 spiro atoms. The molecule has 0 atom stereocenters. The second-order valence-electron chi connectivity index (χ2n) is 6.22. The molecule has 3 N–H and O–H groups in total. The molecule has 2 heterocycles. The number of nitrogens with two attached hydrogens (primary N) is 1. The van der Waals surface area contributed by atoms with Crippen LogP contribution in [0.25, 0.3) is 16.4 Å². The number of primary amides is 1. The number of nitrogens with zero attached hydrogens (tertiary/aromatic N) is 4. The maximum atomic E-state index is 12.8. The van der Waals surface area contributed by atoms with E-state index >= 15 is 0 Å². The van der Waals surface area contributed by atoms with E-state index in [9.17, 15) is 9.59 Å². The second-order valence-corrected chi connectivity index (χ2v) is 7.05. The zero-order valence-corrected chi connectivity index (χ0v) is 16.2. The van der Waals surface area contributed by atoms with Gasteiger partial charge in [-0.3, -0.25) is 14.7 Å². The first-order valence-corrected chi connectivity index (χ1v) is 9.55. The smallest absolute Gasteiger partial charge is 0.301 e. The van der Waals surface area contributed by atoms with E-state index in [0.29, 0.717) is 22.1 Å². The Morgan fingerprint density at radius 1 is 1.10 bits per heavy atom. The zero-order valence-electron chi connectivity index (χ0n) is 15.4. The maximum absolute atomic E-state index is 12.8. The molecule has 9 heteroatoms. The van der Waals surface area contributed by atoms with Crippen LogP contribution >= 0.6 is 11.3 Å². The molecule has 0 fully saturated rings. The fraction of sp³-hybridized carbons (Fsp3) is 0.0500. The van der Waals surface area contributed by atoms with Gasteiger partial charge in [-0.2, -0.15) is 9.80 Å². The van der Waals surface area contributed by atoms with Crippen LogP contribution in [0.4, 0.5) is 11.4 Å². The Labute approximate surface area is 169 Å². The molecule has 4 rings (SSSR count). The van der Waals surface area contributed by atoms with E-state index in [1.54, 1.807) is 31.2 Å². The molecule has 0 aliphatic heterocycles. The Balaban J connectivity index is 1.62. The lowest BCUT2D eigenvalue weighted by Crippen LogP contribution is -2.13. The van der Waals surface area contributed by atoms with Crippen molar-refractivity contribution in [1.82, 2.24) is 14.8 Å². The van der Waals surface area contributed by atoms with Crippen molar-refractivity contribution in [2.24, 2.45) is 16.0 Å². The fourth-order valence-electron chi connectivity index (χ4n) is 2.70. The van der Waals surface area contributed by atoms with Crippen molar-refractivity contribution in [1.29, 1.82) is 0 Å². The van der Waals surface area contributed by atoms with E-state index in [1.807, 2.05) is 35.7 Å². The third-order valence-corrected chi connectivity index (χ3v) is 5.04. The van der Waals surface area contributed by atoms with Crippen LogP contribution in [-0.4, -0.2) is 20.7 Å². The minimum absolute atomic E-state index is 0.195. The van der Waals surface area contributed by atoms with Gasteiger partial charge in [0.25, 0.3) is 0 Å². The predicted molar refractivity (Wildman–Crippen MR) is 111 cm³/mol. The van der Waals surface area contributed by atoms with Gasteiger partial charge in [0.1, 0.15) is 0 Å². The molecule has 4 aromatic rings. The number of rotatable bonds is 5. The molecule has 0 saturated carbocycles. The predicted octanol–water partition coefficient (Wildman–Crippen LogP) is 4.11. The van der Waals surface area contributed by atoms with Crippen LogP contribution in [-0.2, 0) is 0 Å². The second kappa shape index (κ2) is 7.64. The van der Waals surface area contributed by atoms with Crippen LogP contribution in [0.15, 0.2) is 75.0 Å². The van der Waals surface area contributed by atoms with Gasteiger partial charge in [0, 0.05) is 16.5 Å². The monoisotopic (exact) mass is 404 g/mol. The Bertz CT molecular complexity index is 1250. The highest BCUT2D eigenvalue weighted by molar-refractivity contribution is 7.12. The number of hydrogen-bond acceptors (Lipinski definition) is 6. The molecule has 29 heavy (non-hydrogen) atoms. The van der Waals surface area contributed by atoms with Crippen LogP contribution in [0, 0.1) is 6.92 Å². The molecule has 8 nitrogen and oxygen atoms in total. The molecule has 0 saturated heterocycles. The van der Waals surface area contributed by atoms with Gasteiger partial charge in [-0.1, -0.05) is 30.3 Å². The minimum atomic E-state index is -0.517. The lowest BCUT2D eigenvalue weighted by molar-refractivity contribution is 0.100. The summed E-state index contributed by atoms with van der Waals surface area (Å²) in [7, 11) is 0. The summed E-state index contributed by atoms with van der Waals surface area (Å²) < 4.78 is 1.36. The first kappa shape index (κ1) is 18.5. The van der Waals surface area contributed by atoms with E-state index in [-0.39, 0.29) is 11.2 Å². The number of benzene rings is 2. The van der Waals surface area contributed by atoms with Gasteiger partial charge in [-0.15, -0.1) is 16.5 Å². The van der Waals surface area contributed by atoms with E-state index in [2.05, 4.69) is 20.3 Å². The molecule has 0 unspecified atom stereocenters. The molecule has 2 aromatic heterocycles. The number of carbonyl (C=O) groups is 1. The number of aromatic nitrogens is 3. The number of carbonyl (C=O) groups excluding carboxylic acids is 1. The number of nitrogens with one attached hydrogen (secondary N) is 1. The maximum Gasteiger partial charge on any atom is 0.301 e. The van der Waals surface area contributed by atoms with E-state index in [4.69, 9.17) is 5.73 Å². The summed E-state index contributed by atoms with van der Waals surface area (Å²) in [6.45, 7) is 1.74. The van der Waals surface area contributed by atoms with Crippen molar-refractivity contribution >= 4 is 28.6 Å². The van der Waals surface area contributed by atoms with Crippen LogP contribution in [0.3, 0.4) is 0 Å². The van der Waals surface area contributed by atoms with Gasteiger partial charge in [-0.05, 0) is 31.2 Å². The average molecular weight is 404 g/mol. The van der Waals surface area contributed by atoms with Crippen molar-refractivity contribution in [3.8, 4) is 16.4 Å². The first-order valence-electron chi connectivity index (χ1n) is 8.67. The van der Waals surface area contributed by atoms with E-state index < -0.39 is 5.91 Å². The highest BCUT2D eigenvalue weighted by Gasteiger charge is 2.15. The van der Waals surface area contributed by atoms with Gasteiger partial charge in [0.15, 0.2) is 5.69 Å². The summed E-state index contributed by atoms with van der Waals surface area (Å²) in [4.78, 5) is 28.5. The molecule has 0 aliphatic rings. The number of aromatic amines is 1. The third kappa shape index (κ3) is 3.76. The number of azo groups is 1. The third-order valence-electron chi connectivity index (χ3n) is 4.21. The molecule has 144 valence electrons. The molecular weight excluding hydrogens is 388 g/mol. The summed E-state index contributed by atoms with van der Waals surface area (Å²) in [5, 5.41) is 13.6. The number of H-pyrrole nitrogens is 1. The molecule has 0 bridgehead atoms. The Morgan fingerprint density at radius 3 is 2.52 bits per heavy atom. The first-order chi connectivity index (χ1) is 14.0. The van der Waals surface area contributed by atoms with Gasteiger partial charge in [0.05, 0.1) is 17.1 Å². The lowest BCUT2D eigenvalue weighted by Gasteiger charge is -1.96. The SMILES string of the molecule is Cc1[nH]n(-c2nc(-c3ccccc3)cs2)c(=O)c1N=Nc1ccc(C(N)=O)cc1. The quantitative estimate of drug-likeness (QED) is 0.487. The summed E-state index contributed by atoms with van der Waals surface area (Å²) in [5.74, 6) is -0.517. The van der Waals surface area contributed by atoms with Gasteiger partial charge >= 0.3 is 5.56 Å². The molecule has 2 aromatic carbocycles. The number of hydrogen-bond donors (Lipinski definition) is 2. The van der Waals surface area contributed by atoms with Crippen molar-refractivity contribution in [2.75, 3.05) is 0 Å².